The van der Waals surface area contributed by atoms with E-state index in [0.29, 0.717) is 17.9 Å². The fraction of sp³-hybridized carbons (Fsp3) is 0.462. The van der Waals surface area contributed by atoms with Crippen LogP contribution in [0.2, 0.25) is 5.02 Å². The van der Waals surface area contributed by atoms with Crippen molar-refractivity contribution in [2.45, 2.75) is 37.2 Å². The van der Waals surface area contributed by atoms with Gasteiger partial charge in [0.05, 0.1) is 28.1 Å². The quantitative estimate of drug-likeness (QED) is 0.846. The van der Waals surface area contributed by atoms with E-state index in [1.165, 1.54) is 12.1 Å². The second-order valence-electron chi connectivity index (χ2n) is 4.92. The number of halogens is 2. The third kappa shape index (κ3) is 4.32. The summed E-state index contributed by atoms with van der Waals surface area (Å²) in [7, 11) is 1.43. The van der Waals surface area contributed by atoms with Gasteiger partial charge in [0.25, 0.3) is 9.05 Å². The Labute approximate surface area is 133 Å². The van der Waals surface area contributed by atoms with Crippen LogP contribution >= 0.6 is 22.3 Å². The number of benzene rings is 1. The van der Waals surface area contributed by atoms with Crippen molar-refractivity contribution in [2.75, 3.05) is 11.9 Å². The van der Waals surface area contributed by atoms with Gasteiger partial charge >= 0.3 is 0 Å². The Kier molecular flexibility index (Phi) is 5.14. The molecule has 0 aromatic heterocycles. The summed E-state index contributed by atoms with van der Waals surface area (Å²) in [6.07, 6.45) is 2.01. The molecule has 2 rings (SSSR count). The average molecular weight is 352 g/mol. The summed E-state index contributed by atoms with van der Waals surface area (Å²) in [5, 5.41) is 2.83. The van der Waals surface area contributed by atoms with Gasteiger partial charge in [-0.15, -0.1) is 0 Å². The summed E-state index contributed by atoms with van der Waals surface area (Å²) < 4.78 is 28.0. The van der Waals surface area contributed by atoms with Gasteiger partial charge in [-0.25, -0.2) is 8.42 Å². The molecule has 5 nitrogen and oxygen atoms in total. The maximum absolute atomic E-state index is 12.0. The van der Waals surface area contributed by atoms with Crippen LogP contribution in [0.15, 0.2) is 17.0 Å². The molecular formula is C13H15Cl2NO4S. The van der Waals surface area contributed by atoms with Crippen molar-refractivity contribution in [1.29, 1.82) is 0 Å². The van der Waals surface area contributed by atoms with Crippen molar-refractivity contribution in [1.82, 2.24) is 0 Å². The van der Waals surface area contributed by atoms with Crippen LogP contribution < -0.4 is 5.32 Å². The molecule has 1 N–H and O–H groups in total. The van der Waals surface area contributed by atoms with Gasteiger partial charge in [-0.2, -0.15) is 0 Å². The maximum atomic E-state index is 12.0. The summed E-state index contributed by atoms with van der Waals surface area (Å²) in [6.45, 7) is 2.33. The number of aryl methyl sites for hydroxylation is 1. The van der Waals surface area contributed by atoms with E-state index in [4.69, 9.17) is 27.0 Å². The Bertz CT molecular complexity index is 631. The van der Waals surface area contributed by atoms with Crippen molar-refractivity contribution >= 4 is 42.9 Å². The molecule has 1 saturated heterocycles. The molecule has 0 aliphatic carbocycles. The number of rotatable bonds is 4. The molecular weight excluding hydrogens is 337 g/mol. The minimum absolute atomic E-state index is 0.0634. The number of ether oxygens (including phenoxy) is 1. The number of carbonyl (C=O) groups excluding carboxylic acids is 1. The minimum Gasteiger partial charge on any atom is -0.378 e. The molecule has 1 amide bonds. The van der Waals surface area contributed by atoms with Gasteiger partial charge in [-0.05, 0) is 37.5 Å². The molecule has 0 bridgehead atoms. The first kappa shape index (κ1) is 16.5. The number of nitrogens with one attached hydrogen (secondary N) is 1. The van der Waals surface area contributed by atoms with E-state index in [1.54, 1.807) is 6.92 Å². The zero-order chi connectivity index (χ0) is 15.6. The molecule has 1 aliphatic rings. The molecule has 1 fully saturated rings. The molecule has 1 heterocycles. The van der Waals surface area contributed by atoms with Crippen LogP contribution in [0.5, 0.6) is 0 Å². The molecule has 0 saturated carbocycles. The predicted octanol–water partition coefficient (Wildman–Crippen LogP) is 3.08. The highest BCUT2D eigenvalue weighted by Gasteiger charge is 2.21. The Hall–Kier alpha value is -0.820. The van der Waals surface area contributed by atoms with Gasteiger partial charge in [0.2, 0.25) is 5.91 Å². The van der Waals surface area contributed by atoms with E-state index in [0.717, 1.165) is 12.8 Å². The first-order valence-electron chi connectivity index (χ1n) is 6.43. The van der Waals surface area contributed by atoms with Crippen molar-refractivity contribution < 1.29 is 17.9 Å². The lowest BCUT2D eigenvalue weighted by atomic mass is 10.1. The highest BCUT2D eigenvalue weighted by molar-refractivity contribution is 8.13. The smallest absolute Gasteiger partial charge is 0.261 e. The van der Waals surface area contributed by atoms with Crippen molar-refractivity contribution in [3.8, 4) is 0 Å². The number of amides is 1. The summed E-state index contributed by atoms with van der Waals surface area (Å²) in [6, 6.07) is 2.59. The zero-order valence-corrected chi connectivity index (χ0v) is 13.7. The number of hydrogen-bond donors (Lipinski definition) is 1. The van der Waals surface area contributed by atoms with Crippen molar-refractivity contribution in [3.05, 3.63) is 22.7 Å². The lowest BCUT2D eigenvalue weighted by molar-refractivity contribution is -0.118. The van der Waals surface area contributed by atoms with Gasteiger partial charge in [-0.1, -0.05) is 11.6 Å². The minimum atomic E-state index is -3.86. The highest BCUT2D eigenvalue weighted by atomic mass is 35.7. The van der Waals surface area contributed by atoms with Gasteiger partial charge in [0.1, 0.15) is 0 Å². The number of carbonyl (C=O) groups is 1. The van der Waals surface area contributed by atoms with Crippen LogP contribution in [-0.4, -0.2) is 27.0 Å². The normalized spacial score (nSPS) is 18.7. The first-order chi connectivity index (χ1) is 9.77. The average Bonchev–Trinajstić information content (AvgIpc) is 2.85. The molecule has 1 atom stereocenters. The fourth-order valence-electron chi connectivity index (χ4n) is 2.21. The van der Waals surface area contributed by atoms with Gasteiger partial charge in [-0.3, -0.25) is 4.79 Å². The third-order valence-electron chi connectivity index (χ3n) is 3.24. The van der Waals surface area contributed by atoms with Gasteiger partial charge in [0.15, 0.2) is 0 Å². The largest absolute Gasteiger partial charge is 0.378 e. The predicted molar refractivity (Wildman–Crippen MR) is 81.4 cm³/mol. The molecule has 1 aliphatic heterocycles. The Morgan fingerprint density at radius 3 is 2.71 bits per heavy atom. The molecule has 116 valence electrons. The SMILES string of the molecule is Cc1cc(S(=O)(=O)Cl)cc(Cl)c1NC(=O)CC1CCCO1. The highest BCUT2D eigenvalue weighted by Crippen LogP contribution is 2.31. The van der Waals surface area contributed by atoms with E-state index in [9.17, 15) is 13.2 Å². The topological polar surface area (TPSA) is 72.5 Å². The standard InChI is InChI=1S/C13H15Cl2NO4S/c1-8-5-10(21(15,18)19)7-11(14)13(8)16-12(17)6-9-3-2-4-20-9/h5,7,9H,2-4,6H2,1H3,(H,16,17). The molecule has 1 unspecified atom stereocenters. The number of hydrogen-bond acceptors (Lipinski definition) is 4. The van der Waals surface area contributed by atoms with Crippen LogP contribution in [-0.2, 0) is 18.6 Å². The Morgan fingerprint density at radius 1 is 1.48 bits per heavy atom. The lowest BCUT2D eigenvalue weighted by Gasteiger charge is -2.13. The van der Waals surface area contributed by atoms with Crippen molar-refractivity contribution in [3.63, 3.8) is 0 Å². The molecule has 0 radical (unpaired) electrons. The molecule has 1 aromatic rings. The summed E-state index contributed by atoms with van der Waals surface area (Å²) in [5.41, 5.74) is 0.922. The summed E-state index contributed by atoms with van der Waals surface area (Å²) in [4.78, 5) is 11.9. The van der Waals surface area contributed by atoms with E-state index in [2.05, 4.69) is 5.32 Å². The zero-order valence-electron chi connectivity index (χ0n) is 11.4. The van der Waals surface area contributed by atoms with Crippen molar-refractivity contribution in [2.24, 2.45) is 0 Å². The van der Waals surface area contributed by atoms with Crippen LogP contribution in [0.25, 0.3) is 0 Å². The lowest BCUT2D eigenvalue weighted by Crippen LogP contribution is -2.20. The Morgan fingerprint density at radius 2 is 2.19 bits per heavy atom. The number of anilines is 1. The Balaban J connectivity index is 2.14. The van der Waals surface area contributed by atoms with E-state index >= 15 is 0 Å². The van der Waals surface area contributed by atoms with Gasteiger partial charge < -0.3 is 10.1 Å². The van der Waals surface area contributed by atoms with Crippen LogP contribution in [0.4, 0.5) is 5.69 Å². The first-order valence-corrected chi connectivity index (χ1v) is 9.12. The van der Waals surface area contributed by atoms with Crippen LogP contribution in [0.1, 0.15) is 24.8 Å². The monoisotopic (exact) mass is 351 g/mol. The molecule has 8 heteroatoms. The van der Waals surface area contributed by atoms with Gasteiger partial charge in [0, 0.05) is 17.3 Å². The third-order valence-corrected chi connectivity index (χ3v) is 4.88. The summed E-state index contributed by atoms with van der Waals surface area (Å²) >= 11 is 6.03. The van der Waals surface area contributed by atoms with E-state index < -0.39 is 9.05 Å². The fourth-order valence-corrected chi connectivity index (χ4v) is 3.44. The molecule has 0 spiro atoms. The summed E-state index contributed by atoms with van der Waals surface area (Å²) in [5.74, 6) is -0.214. The maximum Gasteiger partial charge on any atom is 0.261 e. The van der Waals surface area contributed by atoms with E-state index in [1.807, 2.05) is 0 Å². The van der Waals surface area contributed by atoms with Crippen LogP contribution in [0.3, 0.4) is 0 Å². The van der Waals surface area contributed by atoms with Crippen LogP contribution in [0, 0.1) is 6.92 Å². The second-order valence-corrected chi connectivity index (χ2v) is 7.90. The second kappa shape index (κ2) is 6.52. The molecule has 21 heavy (non-hydrogen) atoms. The molecule has 1 aromatic carbocycles. The van der Waals surface area contributed by atoms with E-state index in [-0.39, 0.29) is 28.4 Å².